The Morgan fingerprint density at radius 2 is 1.32 bits per heavy atom. The first kappa shape index (κ1) is 18.0. The zero-order chi connectivity index (χ0) is 19.2. The number of anilines is 2. The Morgan fingerprint density at radius 1 is 0.786 bits per heavy atom. The van der Waals surface area contributed by atoms with Crippen LogP contribution in [0, 0.1) is 0 Å². The highest BCUT2D eigenvalue weighted by Gasteiger charge is 2.19. The molecule has 0 saturated heterocycles. The minimum atomic E-state index is -0.0677. The van der Waals surface area contributed by atoms with E-state index in [2.05, 4.69) is 10.2 Å². The Labute approximate surface area is 167 Å². The van der Waals surface area contributed by atoms with Crippen LogP contribution in [-0.4, -0.2) is 21.9 Å². The van der Waals surface area contributed by atoms with Crippen molar-refractivity contribution in [2.75, 3.05) is 10.7 Å². The molecule has 5 nitrogen and oxygen atoms in total. The Kier molecular flexibility index (Phi) is 5.49. The lowest BCUT2D eigenvalue weighted by molar-refractivity contribution is -0.115. The molecule has 138 valence electrons. The molecule has 4 aromatic rings. The minimum Gasteiger partial charge on any atom is -0.411 e. The highest BCUT2D eigenvalue weighted by Crippen LogP contribution is 2.28. The van der Waals surface area contributed by atoms with Gasteiger partial charge in [0.2, 0.25) is 11.8 Å². The molecule has 0 bridgehead atoms. The van der Waals surface area contributed by atoms with Crippen LogP contribution in [0.1, 0.15) is 0 Å². The molecule has 0 atom stereocenters. The smallest absolute Gasteiger partial charge is 0.277 e. The van der Waals surface area contributed by atoms with Gasteiger partial charge in [0.25, 0.3) is 5.22 Å². The van der Waals surface area contributed by atoms with E-state index in [4.69, 9.17) is 4.42 Å². The van der Waals surface area contributed by atoms with Crippen molar-refractivity contribution in [1.29, 1.82) is 0 Å². The predicted molar refractivity (Wildman–Crippen MR) is 110 cm³/mol. The number of carbonyl (C=O) groups excluding carboxylic acids is 1. The largest absolute Gasteiger partial charge is 0.411 e. The average Bonchev–Trinajstić information content (AvgIpc) is 3.24. The predicted octanol–water partition coefficient (Wildman–Crippen LogP) is 5.19. The van der Waals surface area contributed by atoms with E-state index in [0.717, 1.165) is 16.9 Å². The topological polar surface area (TPSA) is 59.2 Å². The zero-order valence-electron chi connectivity index (χ0n) is 14.9. The molecule has 0 unspecified atom stereocenters. The number of amides is 1. The normalized spacial score (nSPS) is 10.6. The van der Waals surface area contributed by atoms with Crippen molar-refractivity contribution >= 4 is 29.0 Å². The van der Waals surface area contributed by atoms with Crippen LogP contribution in [0.4, 0.5) is 11.4 Å². The van der Waals surface area contributed by atoms with E-state index in [-0.39, 0.29) is 11.7 Å². The van der Waals surface area contributed by atoms with Crippen LogP contribution in [0.3, 0.4) is 0 Å². The van der Waals surface area contributed by atoms with Crippen LogP contribution >= 0.6 is 11.8 Å². The molecule has 28 heavy (non-hydrogen) atoms. The number of rotatable bonds is 6. The number of hydrogen-bond donors (Lipinski definition) is 0. The molecule has 0 saturated carbocycles. The highest BCUT2D eigenvalue weighted by molar-refractivity contribution is 7.99. The summed E-state index contributed by atoms with van der Waals surface area (Å²) in [6, 6.07) is 28.7. The Bertz CT molecular complexity index is 998. The molecule has 0 aliphatic carbocycles. The maximum absolute atomic E-state index is 13.0. The van der Waals surface area contributed by atoms with Crippen molar-refractivity contribution in [1.82, 2.24) is 10.2 Å². The maximum Gasteiger partial charge on any atom is 0.277 e. The van der Waals surface area contributed by atoms with Crippen LogP contribution in [0.5, 0.6) is 0 Å². The second kappa shape index (κ2) is 8.54. The number of nitrogens with zero attached hydrogens (tertiary/aromatic N) is 3. The zero-order valence-corrected chi connectivity index (χ0v) is 15.8. The Hall–Kier alpha value is -3.38. The summed E-state index contributed by atoms with van der Waals surface area (Å²) in [6.07, 6.45) is 0. The van der Waals surface area contributed by atoms with E-state index in [1.54, 1.807) is 4.90 Å². The minimum absolute atomic E-state index is 0.0677. The Balaban J connectivity index is 1.50. The highest BCUT2D eigenvalue weighted by atomic mass is 32.2. The molecule has 1 amide bonds. The number of thioether (sulfide) groups is 1. The average molecular weight is 387 g/mol. The second-order valence-electron chi connectivity index (χ2n) is 5.93. The first-order valence-electron chi connectivity index (χ1n) is 8.76. The van der Waals surface area contributed by atoms with E-state index in [1.165, 1.54) is 11.8 Å². The van der Waals surface area contributed by atoms with Crippen molar-refractivity contribution < 1.29 is 9.21 Å². The molecule has 0 aliphatic heterocycles. The molecule has 0 N–H and O–H groups in total. The third-order valence-electron chi connectivity index (χ3n) is 4.02. The van der Waals surface area contributed by atoms with Crippen molar-refractivity contribution in [2.45, 2.75) is 5.22 Å². The summed E-state index contributed by atoms with van der Waals surface area (Å²) in [7, 11) is 0. The number of para-hydroxylation sites is 2. The molecule has 0 fully saturated rings. The summed E-state index contributed by atoms with van der Waals surface area (Å²) < 4.78 is 5.68. The molecule has 1 heterocycles. The van der Waals surface area contributed by atoms with Crippen LogP contribution < -0.4 is 4.90 Å². The fourth-order valence-electron chi connectivity index (χ4n) is 2.74. The number of carbonyl (C=O) groups is 1. The fourth-order valence-corrected chi connectivity index (χ4v) is 3.36. The van der Waals surface area contributed by atoms with E-state index < -0.39 is 0 Å². The summed E-state index contributed by atoms with van der Waals surface area (Å²) in [6.45, 7) is 0. The van der Waals surface area contributed by atoms with Gasteiger partial charge in [0.1, 0.15) is 0 Å². The standard InChI is InChI=1S/C22H17N3O2S/c26-20(16-28-22-24-23-21(27-22)17-10-4-1-5-11-17)25(18-12-6-2-7-13-18)19-14-8-3-9-15-19/h1-15H,16H2. The number of benzene rings is 3. The lowest BCUT2D eigenvalue weighted by Gasteiger charge is -2.22. The molecule has 0 radical (unpaired) electrons. The summed E-state index contributed by atoms with van der Waals surface area (Å²) >= 11 is 1.23. The van der Waals surface area contributed by atoms with Crippen LogP contribution in [0.2, 0.25) is 0 Å². The van der Waals surface area contributed by atoms with Gasteiger partial charge in [-0.2, -0.15) is 0 Å². The molecule has 1 aromatic heterocycles. The molecule has 4 rings (SSSR count). The summed E-state index contributed by atoms with van der Waals surface area (Å²) in [4.78, 5) is 14.7. The van der Waals surface area contributed by atoms with E-state index in [1.807, 2.05) is 91.0 Å². The van der Waals surface area contributed by atoms with E-state index >= 15 is 0 Å². The van der Waals surface area contributed by atoms with Crippen LogP contribution in [0.15, 0.2) is 101 Å². The van der Waals surface area contributed by atoms with Gasteiger partial charge in [-0.05, 0) is 36.4 Å². The number of hydrogen-bond acceptors (Lipinski definition) is 5. The first-order chi connectivity index (χ1) is 13.8. The van der Waals surface area contributed by atoms with Gasteiger partial charge in [-0.25, -0.2) is 0 Å². The van der Waals surface area contributed by atoms with Gasteiger partial charge < -0.3 is 4.42 Å². The monoisotopic (exact) mass is 387 g/mol. The van der Waals surface area contributed by atoms with Gasteiger partial charge in [-0.1, -0.05) is 66.4 Å². The molecule has 0 aliphatic rings. The number of aromatic nitrogens is 2. The van der Waals surface area contributed by atoms with Crippen molar-refractivity contribution in [2.24, 2.45) is 0 Å². The molecule has 0 spiro atoms. The first-order valence-corrected chi connectivity index (χ1v) is 9.74. The Morgan fingerprint density at radius 3 is 1.89 bits per heavy atom. The van der Waals surface area contributed by atoms with E-state index in [0.29, 0.717) is 11.1 Å². The molecule has 3 aromatic carbocycles. The van der Waals surface area contributed by atoms with Crippen molar-refractivity contribution in [3.63, 3.8) is 0 Å². The quantitative estimate of drug-likeness (QED) is 0.426. The van der Waals surface area contributed by atoms with Gasteiger partial charge >= 0.3 is 0 Å². The summed E-state index contributed by atoms with van der Waals surface area (Å²) in [5.41, 5.74) is 2.48. The second-order valence-corrected chi connectivity index (χ2v) is 6.85. The van der Waals surface area contributed by atoms with Gasteiger partial charge in [0.05, 0.1) is 5.75 Å². The third-order valence-corrected chi connectivity index (χ3v) is 4.83. The molecular weight excluding hydrogens is 370 g/mol. The van der Waals surface area contributed by atoms with Gasteiger partial charge in [0, 0.05) is 16.9 Å². The fraction of sp³-hybridized carbons (Fsp3) is 0.0455. The molecular formula is C22H17N3O2S. The van der Waals surface area contributed by atoms with Gasteiger partial charge in [-0.15, -0.1) is 10.2 Å². The van der Waals surface area contributed by atoms with Gasteiger partial charge in [0.15, 0.2) is 0 Å². The van der Waals surface area contributed by atoms with E-state index in [9.17, 15) is 4.79 Å². The lowest BCUT2D eigenvalue weighted by Crippen LogP contribution is -2.27. The van der Waals surface area contributed by atoms with Crippen molar-refractivity contribution in [3.8, 4) is 11.5 Å². The molecule has 6 heteroatoms. The maximum atomic E-state index is 13.0. The van der Waals surface area contributed by atoms with Crippen LogP contribution in [0.25, 0.3) is 11.5 Å². The SMILES string of the molecule is O=C(CSc1nnc(-c2ccccc2)o1)N(c1ccccc1)c1ccccc1. The van der Waals surface area contributed by atoms with Crippen molar-refractivity contribution in [3.05, 3.63) is 91.0 Å². The third kappa shape index (κ3) is 4.13. The summed E-state index contributed by atoms with van der Waals surface area (Å²) in [5.74, 6) is 0.556. The summed E-state index contributed by atoms with van der Waals surface area (Å²) in [5, 5.41) is 8.48. The van der Waals surface area contributed by atoms with Gasteiger partial charge in [-0.3, -0.25) is 9.69 Å². The van der Waals surface area contributed by atoms with Crippen LogP contribution in [-0.2, 0) is 4.79 Å². The lowest BCUT2D eigenvalue weighted by atomic mass is 10.2.